The summed E-state index contributed by atoms with van der Waals surface area (Å²) in [7, 11) is 1.69. The lowest BCUT2D eigenvalue weighted by molar-refractivity contribution is -0.245. The van der Waals surface area contributed by atoms with Crippen molar-refractivity contribution in [1.29, 1.82) is 0 Å². The maximum atomic E-state index is 12.9. The van der Waals surface area contributed by atoms with Gasteiger partial charge in [0.1, 0.15) is 11.4 Å². The van der Waals surface area contributed by atoms with E-state index in [1.807, 2.05) is 91.0 Å². The number of rotatable bonds is 11. The van der Waals surface area contributed by atoms with Gasteiger partial charge in [-0.25, -0.2) is 4.98 Å². The summed E-state index contributed by atoms with van der Waals surface area (Å²) in [5.74, 6) is 1.29. The van der Waals surface area contributed by atoms with Gasteiger partial charge < -0.3 is 24.6 Å². The van der Waals surface area contributed by atoms with Crippen LogP contribution in [-0.2, 0) is 22.6 Å². The lowest BCUT2D eigenvalue weighted by Crippen LogP contribution is -2.31. The van der Waals surface area contributed by atoms with E-state index in [2.05, 4.69) is 45.6 Å². The summed E-state index contributed by atoms with van der Waals surface area (Å²) < 4.78 is 18.8. The van der Waals surface area contributed by atoms with Crippen LogP contribution in [0.5, 0.6) is 5.75 Å². The normalized spacial score (nSPS) is 17.4. The van der Waals surface area contributed by atoms with E-state index in [9.17, 15) is 9.90 Å². The number of fused-ring (bicyclic) bond motifs is 1. The molecule has 0 saturated carbocycles. The van der Waals surface area contributed by atoms with Gasteiger partial charge in [0.2, 0.25) is 0 Å². The van der Waals surface area contributed by atoms with Crippen LogP contribution in [0.1, 0.15) is 51.6 Å². The van der Waals surface area contributed by atoms with Gasteiger partial charge in [-0.3, -0.25) is 9.78 Å². The summed E-state index contributed by atoms with van der Waals surface area (Å²) in [6, 6.07) is 39.7. The molecule has 0 radical (unpaired) electrons. The fourth-order valence-corrected chi connectivity index (χ4v) is 7.06. The smallest absolute Gasteiger partial charge is 0.271 e. The zero-order valence-corrected chi connectivity index (χ0v) is 28.4. The Morgan fingerprint density at radius 3 is 2.42 bits per heavy atom. The van der Waals surface area contributed by atoms with Crippen LogP contribution in [0, 0.1) is 0 Å². The van der Waals surface area contributed by atoms with Gasteiger partial charge >= 0.3 is 0 Å². The van der Waals surface area contributed by atoms with Gasteiger partial charge in [-0.1, -0.05) is 84.9 Å². The van der Waals surface area contributed by atoms with Crippen molar-refractivity contribution >= 4 is 28.7 Å². The molecule has 2 N–H and O–H groups in total. The van der Waals surface area contributed by atoms with E-state index in [0.29, 0.717) is 18.5 Å². The average molecular weight is 684 g/mol. The first-order chi connectivity index (χ1) is 24.6. The van der Waals surface area contributed by atoms with E-state index in [1.54, 1.807) is 18.9 Å². The number of aromatic nitrogens is 2. The number of thioether (sulfide) groups is 1. The van der Waals surface area contributed by atoms with E-state index in [4.69, 9.17) is 14.2 Å². The average Bonchev–Trinajstić information content (AvgIpc) is 3.19. The van der Waals surface area contributed by atoms with Crippen molar-refractivity contribution in [1.82, 2.24) is 15.3 Å². The van der Waals surface area contributed by atoms with E-state index in [1.165, 1.54) is 6.20 Å². The molecule has 7 rings (SSSR count). The first kappa shape index (κ1) is 33.4. The largest absolute Gasteiger partial charge is 0.496 e. The van der Waals surface area contributed by atoms with Gasteiger partial charge in [0.15, 0.2) is 6.29 Å². The number of carbonyl (C=O) groups is 1. The van der Waals surface area contributed by atoms with Gasteiger partial charge in [-0.2, -0.15) is 0 Å². The molecule has 0 spiro atoms. The molecule has 0 unspecified atom stereocenters. The molecule has 5 aromatic carbocycles. The van der Waals surface area contributed by atoms with E-state index < -0.39 is 6.29 Å². The maximum absolute atomic E-state index is 12.9. The lowest BCUT2D eigenvalue weighted by atomic mass is 9.99. The number of methoxy groups -OCH3 is 1. The Balaban J connectivity index is 1.08. The van der Waals surface area contributed by atoms with Crippen molar-refractivity contribution in [3.05, 3.63) is 155 Å². The summed E-state index contributed by atoms with van der Waals surface area (Å²) in [5, 5.41) is 12.6. The molecule has 9 heteroatoms. The Kier molecular flexibility index (Phi) is 10.5. The second kappa shape index (κ2) is 15.7. The number of nitrogens with zero attached hydrogens (tertiary/aromatic N) is 2. The van der Waals surface area contributed by atoms with Crippen molar-refractivity contribution in [3.63, 3.8) is 0 Å². The number of aliphatic hydroxyl groups is 1. The number of amides is 1. The molecular formula is C41H37N3O5S. The van der Waals surface area contributed by atoms with Crippen LogP contribution in [-0.4, -0.2) is 39.9 Å². The summed E-state index contributed by atoms with van der Waals surface area (Å²) in [4.78, 5) is 22.8. The van der Waals surface area contributed by atoms with Crippen LogP contribution in [0.3, 0.4) is 0 Å². The number of para-hydroxylation sites is 3. The van der Waals surface area contributed by atoms with Gasteiger partial charge in [0.25, 0.3) is 5.91 Å². The summed E-state index contributed by atoms with van der Waals surface area (Å²) in [6.07, 6.45) is 1.34. The molecule has 1 fully saturated rings. The number of ether oxygens (including phenoxy) is 3. The van der Waals surface area contributed by atoms with Crippen LogP contribution in [0.25, 0.3) is 22.2 Å². The molecule has 1 aromatic heterocycles. The second-order valence-corrected chi connectivity index (χ2v) is 13.1. The van der Waals surface area contributed by atoms with E-state index in [0.717, 1.165) is 55.3 Å². The topological polar surface area (TPSA) is 103 Å². The molecule has 3 atom stereocenters. The van der Waals surface area contributed by atoms with Crippen molar-refractivity contribution in [3.8, 4) is 16.9 Å². The predicted molar refractivity (Wildman–Crippen MR) is 195 cm³/mol. The van der Waals surface area contributed by atoms with Gasteiger partial charge in [-0.15, -0.1) is 11.8 Å². The Morgan fingerprint density at radius 1 is 0.840 bits per heavy atom. The van der Waals surface area contributed by atoms with Crippen LogP contribution < -0.4 is 10.1 Å². The minimum atomic E-state index is -0.583. The summed E-state index contributed by atoms with van der Waals surface area (Å²) in [6.45, 7) is 0.341. The molecule has 50 heavy (non-hydrogen) atoms. The number of carbonyl (C=O) groups excluding carboxylic acids is 1. The zero-order chi connectivity index (χ0) is 34.3. The molecule has 2 heterocycles. The maximum Gasteiger partial charge on any atom is 0.271 e. The molecule has 1 aliphatic rings. The van der Waals surface area contributed by atoms with Crippen LogP contribution >= 0.6 is 11.8 Å². The fraction of sp³-hybridized carbons (Fsp3) is 0.195. The molecule has 1 aliphatic heterocycles. The number of hydrogen-bond donors (Lipinski definition) is 2. The van der Waals surface area contributed by atoms with Crippen molar-refractivity contribution in [2.24, 2.45) is 0 Å². The fourth-order valence-electron chi connectivity index (χ4n) is 6.01. The Labute approximate surface area is 295 Å². The first-order valence-corrected chi connectivity index (χ1v) is 17.5. The van der Waals surface area contributed by atoms with Crippen LogP contribution in [0.2, 0.25) is 0 Å². The Hall–Kier alpha value is -5.06. The van der Waals surface area contributed by atoms with Gasteiger partial charge in [0.05, 0.1) is 43.2 Å². The van der Waals surface area contributed by atoms with Crippen LogP contribution in [0.4, 0.5) is 0 Å². The third kappa shape index (κ3) is 7.87. The molecule has 8 nitrogen and oxygen atoms in total. The molecule has 0 bridgehead atoms. The Morgan fingerprint density at radius 2 is 1.60 bits per heavy atom. The van der Waals surface area contributed by atoms with Gasteiger partial charge in [-0.05, 0) is 64.2 Å². The first-order valence-electron chi connectivity index (χ1n) is 16.5. The molecular weight excluding hydrogens is 647 g/mol. The second-order valence-electron chi connectivity index (χ2n) is 12.1. The molecule has 252 valence electrons. The minimum Gasteiger partial charge on any atom is -0.496 e. The quantitative estimate of drug-likeness (QED) is 0.132. The minimum absolute atomic E-state index is 0.00475. The molecule has 0 aliphatic carbocycles. The number of benzene rings is 5. The van der Waals surface area contributed by atoms with E-state index >= 15 is 0 Å². The third-order valence-electron chi connectivity index (χ3n) is 8.66. The zero-order valence-electron chi connectivity index (χ0n) is 27.6. The molecule has 6 aromatic rings. The number of hydrogen-bond acceptors (Lipinski definition) is 8. The van der Waals surface area contributed by atoms with Crippen molar-refractivity contribution in [2.45, 2.75) is 43.0 Å². The standard InChI is InChI=1S/C41H37N3O5S/c1-47-37-14-4-5-15-39(37)50-26-33-22-38(29-18-16-27(25-45)17-19-29)49-41(48-33)32-11-7-10-31(21-32)30-9-6-8-28(20-30)23-43-40(46)36-24-42-34-12-2-3-13-35(34)44-36/h2-21,24,33,38,41,45H,22-23,25-26H2,1H3,(H,43,46)/t33-,38+,41+/m0/s1. The van der Waals surface area contributed by atoms with E-state index in [-0.39, 0.29) is 30.4 Å². The van der Waals surface area contributed by atoms with Crippen molar-refractivity contribution < 1.29 is 24.1 Å². The number of nitrogens with one attached hydrogen (secondary N) is 1. The molecule has 1 saturated heterocycles. The number of aliphatic hydroxyl groups excluding tert-OH is 1. The highest BCUT2D eigenvalue weighted by molar-refractivity contribution is 7.99. The summed E-state index contributed by atoms with van der Waals surface area (Å²) >= 11 is 1.71. The lowest BCUT2D eigenvalue weighted by Gasteiger charge is -2.36. The highest BCUT2D eigenvalue weighted by Gasteiger charge is 2.32. The monoisotopic (exact) mass is 683 g/mol. The summed E-state index contributed by atoms with van der Waals surface area (Å²) in [5.41, 5.74) is 7.51. The highest BCUT2D eigenvalue weighted by Crippen LogP contribution is 2.41. The van der Waals surface area contributed by atoms with Crippen LogP contribution in [0.15, 0.2) is 132 Å². The highest BCUT2D eigenvalue weighted by atomic mass is 32.2. The Bertz CT molecular complexity index is 2090. The SMILES string of the molecule is COc1ccccc1SC[C@@H]1C[C@H](c2ccc(CO)cc2)O[C@H](c2cccc(-c3cccc(CNC(=O)c4cnc5ccccc5n4)c3)c2)O1. The third-order valence-corrected chi connectivity index (χ3v) is 9.85. The van der Waals surface area contributed by atoms with Gasteiger partial charge in [0, 0.05) is 29.2 Å². The molecule has 1 amide bonds. The van der Waals surface area contributed by atoms with Crippen molar-refractivity contribution in [2.75, 3.05) is 12.9 Å². The predicted octanol–water partition coefficient (Wildman–Crippen LogP) is 8.07.